The van der Waals surface area contributed by atoms with E-state index in [1.165, 1.54) is 11.1 Å². The average molecular weight is 354 g/mol. The molecule has 0 aliphatic carbocycles. The van der Waals surface area contributed by atoms with E-state index < -0.39 is 0 Å². The number of rotatable bonds is 6. The molecule has 0 heterocycles. The topological polar surface area (TPSA) is 50.4 Å². The van der Waals surface area contributed by atoms with Crippen LogP contribution >= 0.6 is 0 Å². The summed E-state index contributed by atoms with van der Waals surface area (Å²) in [6, 6.07) is 14.0. The van der Waals surface area contributed by atoms with Gasteiger partial charge in [0.1, 0.15) is 5.75 Å². The first-order valence-corrected chi connectivity index (χ1v) is 9.11. The molecule has 0 atom stereocenters. The Bertz CT molecular complexity index is 731. The molecule has 0 aliphatic heterocycles. The molecule has 2 aromatic rings. The molecule has 4 heteroatoms. The Morgan fingerprint density at radius 1 is 1.04 bits per heavy atom. The first-order valence-electron chi connectivity index (χ1n) is 9.11. The fraction of sp³-hybridized carbons (Fsp3) is 0.409. The Morgan fingerprint density at radius 3 is 2.35 bits per heavy atom. The van der Waals surface area contributed by atoms with Gasteiger partial charge in [0.25, 0.3) is 0 Å². The van der Waals surface area contributed by atoms with Crippen molar-refractivity contribution in [1.82, 2.24) is 5.32 Å². The molecule has 2 aromatic carbocycles. The molecule has 4 nitrogen and oxygen atoms in total. The lowest BCUT2D eigenvalue weighted by atomic mass is 9.87. The quantitative estimate of drug-likeness (QED) is 0.701. The zero-order valence-corrected chi connectivity index (χ0v) is 16.5. The van der Waals surface area contributed by atoms with Gasteiger partial charge in [-0.15, -0.1) is 0 Å². The summed E-state index contributed by atoms with van der Waals surface area (Å²) >= 11 is 0. The fourth-order valence-electron chi connectivity index (χ4n) is 2.64. The van der Waals surface area contributed by atoms with Crippen LogP contribution in [0.2, 0.25) is 0 Å². The maximum atomic E-state index is 12.0. The standard InChI is InChI=1S/C22H30N2O2/c1-16-7-12-20(17(2)15-16)24-21(25)23-13-6-14-26-19-10-8-18(9-11-19)22(3,4)5/h7-12,15H,6,13-14H2,1-5H3,(H2,23,24,25). The molecular formula is C22H30N2O2. The lowest BCUT2D eigenvalue weighted by Gasteiger charge is -2.19. The number of ether oxygens (including phenoxy) is 1. The van der Waals surface area contributed by atoms with Crippen molar-refractivity contribution in [2.24, 2.45) is 0 Å². The maximum absolute atomic E-state index is 12.0. The van der Waals surface area contributed by atoms with Gasteiger partial charge < -0.3 is 15.4 Å². The third-order valence-electron chi connectivity index (χ3n) is 4.23. The van der Waals surface area contributed by atoms with Crippen LogP contribution in [0.1, 0.15) is 43.9 Å². The molecule has 0 saturated heterocycles. The lowest BCUT2D eigenvalue weighted by Crippen LogP contribution is -2.30. The van der Waals surface area contributed by atoms with Crippen LogP contribution in [0.15, 0.2) is 42.5 Å². The number of benzene rings is 2. The molecule has 0 spiro atoms. The van der Waals surface area contributed by atoms with E-state index in [2.05, 4.69) is 43.5 Å². The van der Waals surface area contributed by atoms with Gasteiger partial charge in [-0.05, 0) is 55.0 Å². The number of carbonyl (C=O) groups excluding carboxylic acids is 1. The van der Waals surface area contributed by atoms with Gasteiger partial charge in [0.05, 0.1) is 6.61 Å². The highest BCUT2D eigenvalue weighted by molar-refractivity contribution is 5.90. The third-order valence-corrected chi connectivity index (χ3v) is 4.23. The van der Waals surface area contributed by atoms with Gasteiger partial charge in [-0.1, -0.05) is 50.6 Å². The number of hydrogen-bond donors (Lipinski definition) is 2. The second-order valence-electron chi connectivity index (χ2n) is 7.68. The molecule has 0 bridgehead atoms. The minimum atomic E-state index is -0.188. The molecule has 26 heavy (non-hydrogen) atoms. The number of anilines is 1. The molecule has 140 valence electrons. The highest BCUT2D eigenvalue weighted by Crippen LogP contribution is 2.24. The minimum Gasteiger partial charge on any atom is -0.494 e. The van der Waals surface area contributed by atoms with Gasteiger partial charge in [-0.3, -0.25) is 0 Å². The summed E-state index contributed by atoms with van der Waals surface area (Å²) in [7, 11) is 0. The van der Waals surface area contributed by atoms with Crippen LogP contribution < -0.4 is 15.4 Å². The Balaban J connectivity index is 1.68. The van der Waals surface area contributed by atoms with Gasteiger partial charge >= 0.3 is 6.03 Å². The Kier molecular flexibility index (Phi) is 6.67. The van der Waals surface area contributed by atoms with Crippen molar-refractivity contribution in [3.8, 4) is 5.75 Å². The van der Waals surface area contributed by atoms with Gasteiger partial charge in [-0.2, -0.15) is 0 Å². The number of carbonyl (C=O) groups is 1. The van der Waals surface area contributed by atoms with E-state index in [0.717, 1.165) is 23.4 Å². The number of amides is 2. The number of aryl methyl sites for hydroxylation is 2. The highest BCUT2D eigenvalue weighted by Gasteiger charge is 2.12. The average Bonchev–Trinajstić information content (AvgIpc) is 2.57. The van der Waals surface area contributed by atoms with Crippen LogP contribution in [0, 0.1) is 13.8 Å². The van der Waals surface area contributed by atoms with Crippen LogP contribution in [-0.4, -0.2) is 19.2 Å². The van der Waals surface area contributed by atoms with E-state index in [1.807, 2.05) is 44.2 Å². The molecule has 2 N–H and O–H groups in total. The summed E-state index contributed by atoms with van der Waals surface area (Å²) in [6.45, 7) is 11.7. The molecule has 2 rings (SSSR count). The number of hydrogen-bond acceptors (Lipinski definition) is 2. The number of urea groups is 1. The van der Waals surface area contributed by atoms with Crippen molar-refractivity contribution in [2.45, 2.75) is 46.5 Å². The zero-order valence-electron chi connectivity index (χ0n) is 16.5. The van der Waals surface area contributed by atoms with Gasteiger partial charge in [0, 0.05) is 12.2 Å². The van der Waals surface area contributed by atoms with Crippen molar-refractivity contribution in [3.63, 3.8) is 0 Å². The molecular weight excluding hydrogens is 324 g/mol. The summed E-state index contributed by atoms with van der Waals surface area (Å²) in [5.41, 5.74) is 4.51. The van der Waals surface area contributed by atoms with E-state index in [0.29, 0.717) is 13.2 Å². The van der Waals surface area contributed by atoms with Gasteiger partial charge in [-0.25, -0.2) is 4.79 Å². The van der Waals surface area contributed by atoms with Crippen molar-refractivity contribution in [3.05, 3.63) is 59.2 Å². The Labute approximate surface area is 157 Å². The summed E-state index contributed by atoms with van der Waals surface area (Å²) in [5.74, 6) is 0.859. The van der Waals surface area contributed by atoms with E-state index >= 15 is 0 Å². The highest BCUT2D eigenvalue weighted by atomic mass is 16.5. The predicted octanol–water partition coefficient (Wildman–Crippen LogP) is 5.19. The van der Waals surface area contributed by atoms with Crippen LogP contribution in [0.3, 0.4) is 0 Å². The molecule has 2 amide bonds. The largest absolute Gasteiger partial charge is 0.494 e. The van der Waals surface area contributed by atoms with Crippen molar-refractivity contribution in [2.75, 3.05) is 18.5 Å². The summed E-state index contributed by atoms with van der Waals surface area (Å²) in [5, 5.41) is 5.73. The van der Waals surface area contributed by atoms with Gasteiger partial charge in [0.2, 0.25) is 0 Å². The smallest absolute Gasteiger partial charge is 0.319 e. The molecule has 0 radical (unpaired) electrons. The molecule has 0 saturated carbocycles. The second kappa shape index (κ2) is 8.75. The van der Waals surface area contributed by atoms with Crippen molar-refractivity contribution >= 4 is 11.7 Å². The third kappa shape index (κ3) is 6.10. The molecule has 0 fully saturated rings. The molecule has 0 aliphatic rings. The Hall–Kier alpha value is -2.49. The zero-order chi connectivity index (χ0) is 19.2. The first kappa shape index (κ1) is 19.8. The summed E-state index contributed by atoms with van der Waals surface area (Å²) in [6.07, 6.45) is 0.751. The lowest BCUT2D eigenvalue weighted by molar-refractivity contribution is 0.250. The number of nitrogens with one attached hydrogen (secondary N) is 2. The second-order valence-corrected chi connectivity index (χ2v) is 7.68. The monoisotopic (exact) mass is 354 g/mol. The predicted molar refractivity (Wildman–Crippen MR) is 108 cm³/mol. The maximum Gasteiger partial charge on any atom is 0.319 e. The Morgan fingerprint density at radius 2 is 1.73 bits per heavy atom. The van der Waals surface area contributed by atoms with E-state index in [-0.39, 0.29) is 11.4 Å². The van der Waals surface area contributed by atoms with Gasteiger partial charge in [0.15, 0.2) is 0 Å². The van der Waals surface area contributed by atoms with E-state index in [1.54, 1.807) is 0 Å². The van der Waals surface area contributed by atoms with Crippen molar-refractivity contribution < 1.29 is 9.53 Å². The van der Waals surface area contributed by atoms with Crippen LogP contribution in [0.4, 0.5) is 10.5 Å². The van der Waals surface area contributed by atoms with Crippen molar-refractivity contribution in [1.29, 1.82) is 0 Å². The minimum absolute atomic E-state index is 0.144. The van der Waals surface area contributed by atoms with E-state index in [9.17, 15) is 4.79 Å². The fourth-order valence-corrected chi connectivity index (χ4v) is 2.64. The van der Waals surface area contributed by atoms with E-state index in [4.69, 9.17) is 4.74 Å². The SMILES string of the molecule is Cc1ccc(NC(=O)NCCCOc2ccc(C(C)(C)C)cc2)c(C)c1. The van der Waals surface area contributed by atoms with Crippen LogP contribution in [0.25, 0.3) is 0 Å². The first-order chi connectivity index (χ1) is 12.3. The molecule has 0 unspecified atom stereocenters. The summed E-state index contributed by atoms with van der Waals surface area (Å²) in [4.78, 5) is 12.0. The molecule has 0 aromatic heterocycles. The van der Waals surface area contributed by atoms with Crippen LogP contribution in [0.5, 0.6) is 5.75 Å². The normalized spacial score (nSPS) is 11.1. The summed E-state index contributed by atoms with van der Waals surface area (Å²) < 4.78 is 5.73. The van der Waals surface area contributed by atoms with Crippen LogP contribution in [-0.2, 0) is 5.41 Å².